The van der Waals surface area contributed by atoms with Gasteiger partial charge in [0.15, 0.2) is 17.3 Å². The number of Topliss-reactive ketones (excluding diaryl/α,β-unsaturated/α-hetero) is 3. The highest BCUT2D eigenvalue weighted by atomic mass is 16.4. The van der Waals surface area contributed by atoms with Crippen molar-refractivity contribution in [2.45, 2.75) is 419 Å². The number of hydrogen-bond donors (Lipinski definition) is 20. The van der Waals surface area contributed by atoms with E-state index in [0.29, 0.717) is 58.2 Å². The minimum Gasteiger partial charge on any atom is -0.481 e. The summed E-state index contributed by atoms with van der Waals surface area (Å²) in [6, 6.07) is -3.66. The standard InChI is InChI=1S/C41H64N6O9.C38H58N6O9.C28H47N5O8/c1-22(2)17-28-32(49)20-27(21-33(50)51)36(52)45-34(25(6)48)39(55)43-29(18-23(3)4)35(40(56)46-41(7,8)9)47-16-10-11-31(47)38(54)44-30(37(53)42-28)19-26-14-12-24(5)13-15-26;1-20(2)16-26-29(46)18-25(19-30(47)48)33(49)42-31(23(5)45)36(52)39-22(4)32(37(53)43-38(6,7)8)44-15-9-10-28(44)35(51)41-27(34(50)40-26)17-24-13-11-21(3)12-14-24;1-14(2)11-18-20(35)12-17(13-21(36)37)24(38)31-22(16(4)34)26(40)29-15(3)23(27(41)32-28(5,6)7)33-10-8-9-19(33)25(39)30-18/h12-15,22-23,25,27-31,34-35,48H,10-11,16-21H2,1-9H3,(H,42,53)(H,43,55)(H,44,54)(H,45,52)(H,46,56)(H,50,51);11-14,20,22-23,25-28,31-32,45H,9-10,15-19H2,1-8H3,(H,39,52)(H,40,50)(H,41,51)(H,42,49)(H,43,53)(H,47,48);14-19,22-23,34H,8-13H2,1-7H3,(H,29,40)(H,30,39)(H,31,38)(H,32,41)(H,36,37)/t25-,27+,28+,29+,30+,31+,34+,35+;22-,23+,25-,26-,27-,28-,31-,32-;15-,16+,17-,18-,19-,22-,23-/m100/s1. The maximum Gasteiger partial charge on any atom is 0.304 e. The van der Waals surface area contributed by atoms with Crippen LogP contribution in [0.25, 0.3) is 0 Å². The minimum atomic E-state index is -1.58. The molecule has 0 saturated carbocycles. The molecular formula is C107H169N17O26. The predicted octanol–water partition coefficient (Wildman–Crippen LogP) is 2.20. The fraction of sp³-hybridized carbons (Fsp3) is 0.701. The van der Waals surface area contributed by atoms with Crippen LogP contribution in [0.1, 0.15) is 277 Å². The average Bonchev–Trinajstić information content (AvgIpc) is 1.69. The van der Waals surface area contributed by atoms with Gasteiger partial charge in [0.2, 0.25) is 82.7 Å². The van der Waals surface area contributed by atoms with Gasteiger partial charge in [0.05, 0.1) is 110 Å². The lowest BCUT2D eigenvalue weighted by atomic mass is 9.90. The van der Waals surface area contributed by atoms with E-state index in [-0.39, 0.29) is 62.2 Å². The van der Waals surface area contributed by atoms with Gasteiger partial charge < -0.3 is 105 Å². The fourth-order valence-electron chi connectivity index (χ4n) is 19.8. The second-order valence-corrected chi connectivity index (χ2v) is 46.2. The van der Waals surface area contributed by atoms with Crippen molar-refractivity contribution in [2.24, 2.45) is 41.4 Å². The number of nitrogens with zero attached hydrogens (tertiary/aromatic N) is 3. The van der Waals surface area contributed by atoms with E-state index >= 15 is 0 Å². The highest BCUT2D eigenvalue weighted by molar-refractivity contribution is 6.02. The summed E-state index contributed by atoms with van der Waals surface area (Å²) < 4.78 is 0. The SMILES string of the molecule is CC(C)C[C@@H]1NC(=O)[C@@H]2CCCN2[C@H](C(=O)NC(C)(C)C)[C@H](C)NC(=O)[C@H]([C@@H](C)O)NC(=O)[C@H](CC(=O)O)CC1=O.Cc1ccc(C[C@@H]2NC(=O)[C@@H]3CCCN3[C@H](C(=O)NC(C)(C)C)[C@H](C)NC(=O)[C@H]([C@@H](C)O)NC(=O)[C@H](CC(=O)O)CC(=O)[C@H](CC(C)C)NC2=O)cc1.Cc1ccc(C[C@@H]2NC(=O)[C@@H]3CCCN3[C@H](C(=O)NC(C)(C)C)[C@H](CC(C)C)NC(=O)[C@H]([C@@H](C)O)NC(=O)[C@H](CC(=O)O)CC(=O)[C@H](CC(C)C)NC2=O)cc1. The van der Waals surface area contributed by atoms with E-state index < -0.39 is 312 Å². The van der Waals surface area contributed by atoms with Crippen LogP contribution < -0.4 is 74.4 Å². The third kappa shape index (κ3) is 40.1. The van der Waals surface area contributed by atoms with Crippen molar-refractivity contribution in [3.05, 3.63) is 70.8 Å². The van der Waals surface area contributed by atoms with E-state index in [1.165, 1.54) is 20.8 Å². The van der Waals surface area contributed by atoms with Gasteiger partial charge in [0, 0.05) is 48.7 Å². The summed E-state index contributed by atoms with van der Waals surface area (Å²) in [7, 11) is 0. The molecule has 0 spiro atoms. The Morgan fingerprint density at radius 3 is 0.827 bits per heavy atom. The third-order valence-electron chi connectivity index (χ3n) is 26.8. The number of aliphatic hydroxyl groups excluding tert-OH is 3. The third-order valence-corrected chi connectivity index (χ3v) is 26.8. The van der Waals surface area contributed by atoms with Crippen molar-refractivity contribution in [2.75, 3.05) is 19.6 Å². The van der Waals surface area contributed by atoms with Crippen LogP contribution in [-0.4, -0.2) is 321 Å². The topological polar surface area (TPSA) is 641 Å². The van der Waals surface area contributed by atoms with E-state index in [4.69, 9.17) is 0 Å². The number of carbonyl (C=O) groups is 20. The summed E-state index contributed by atoms with van der Waals surface area (Å²) in [6.45, 7) is 43.1. The molecule has 2 aromatic rings. The van der Waals surface area contributed by atoms with Crippen molar-refractivity contribution in [3.8, 4) is 0 Å². The molecule has 6 heterocycles. The Labute approximate surface area is 880 Å². The number of carbonyl (C=O) groups excluding carboxylic acids is 17. The number of amides is 14. The highest BCUT2D eigenvalue weighted by Gasteiger charge is 2.51. The van der Waals surface area contributed by atoms with Crippen LogP contribution in [0.15, 0.2) is 48.5 Å². The molecule has 838 valence electrons. The average molecular weight is 2110 g/mol. The Morgan fingerprint density at radius 2 is 0.573 bits per heavy atom. The summed E-state index contributed by atoms with van der Waals surface area (Å²) in [5.74, 6) is -19.6. The molecule has 6 fully saturated rings. The molecule has 23 atom stereocenters. The van der Waals surface area contributed by atoms with Crippen LogP contribution in [-0.2, 0) is 109 Å². The van der Waals surface area contributed by atoms with E-state index in [1.54, 1.807) is 49.3 Å². The van der Waals surface area contributed by atoms with Gasteiger partial charge in [-0.25, -0.2) is 0 Å². The van der Waals surface area contributed by atoms with Gasteiger partial charge in [-0.1, -0.05) is 115 Å². The van der Waals surface area contributed by atoms with Gasteiger partial charge in [0.1, 0.15) is 48.3 Å². The normalized spacial score (nSPS) is 28.0. The smallest absolute Gasteiger partial charge is 0.304 e. The van der Waals surface area contributed by atoms with Gasteiger partial charge in [-0.2, -0.15) is 0 Å². The number of carboxylic acid groups (broad SMARTS) is 3. The van der Waals surface area contributed by atoms with E-state index in [1.807, 2.05) is 159 Å². The number of fused-ring (bicyclic) bond motifs is 3. The first-order valence-electron chi connectivity index (χ1n) is 52.6. The lowest BCUT2D eigenvalue weighted by molar-refractivity contribution is -0.144. The molecule has 8 rings (SSSR count). The molecule has 6 aliphatic rings. The summed E-state index contributed by atoms with van der Waals surface area (Å²) in [5, 5.41) is 99.3. The zero-order valence-corrected chi connectivity index (χ0v) is 91.7. The number of rotatable bonds is 24. The monoisotopic (exact) mass is 2110 g/mol. The summed E-state index contributed by atoms with van der Waals surface area (Å²) in [5.41, 5.74) is 1.51. The Kier molecular flexibility index (Phi) is 48.3. The molecule has 150 heavy (non-hydrogen) atoms. The number of aryl methyl sites for hydroxylation is 2. The summed E-state index contributed by atoms with van der Waals surface area (Å²) in [6.07, 6.45) is -4.31. The fourth-order valence-corrected chi connectivity index (χ4v) is 19.8. The van der Waals surface area contributed by atoms with Gasteiger partial charge >= 0.3 is 17.9 Å². The Hall–Kier alpha value is -11.8. The molecule has 14 amide bonds. The predicted molar refractivity (Wildman–Crippen MR) is 556 cm³/mol. The maximum atomic E-state index is 14.4. The largest absolute Gasteiger partial charge is 0.481 e. The van der Waals surface area contributed by atoms with Crippen molar-refractivity contribution in [1.82, 2.24) is 89.1 Å². The van der Waals surface area contributed by atoms with Gasteiger partial charge in [-0.15, -0.1) is 0 Å². The number of hydrogen-bond acceptors (Lipinski definition) is 26. The Balaban J connectivity index is 0.000000347. The summed E-state index contributed by atoms with van der Waals surface area (Å²) in [4.78, 5) is 276. The number of carboxylic acids is 3. The minimum absolute atomic E-state index is 0.00969. The molecule has 6 aliphatic heterocycles. The summed E-state index contributed by atoms with van der Waals surface area (Å²) >= 11 is 0. The molecule has 0 aliphatic carbocycles. The number of aliphatic hydroxyl groups is 3. The molecule has 43 nitrogen and oxygen atoms in total. The van der Waals surface area contributed by atoms with E-state index in [0.717, 1.165) is 22.3 Å². The first kappa shape index (κ1) is 127. The molecule has 0 unspecified atom stereocenters. The van der Waals surface area contributed by atoms with E-state index in [2.05, 4.69) is 74.4 Å². The van der Waals surface area contributed by atoms with Gasteiger partial charge in [0.25, 0.3) is 0 Å². The van der Waals surface area contributed by atoms with Crippen molar-refractivity contribution in [1.29, 1.82) is 0 Å². The maximum absolute atomic E-state index is 14.4. The second-order valence-electron chi connectivity index (χ2n) is 46.2. The number of benzene rings is 2. The van der Waals surface area contributed by atoms with E-state index in [9.17, 15) is 127 Å². The molecule has 0 radical (unpaired) electrons. The molecule has 0 bridgehead atoms. The quantitative estimate of drug-likeness (QED) is 0.0716. The number of aliphatic carboxylic acids is 3. The first-order chi connectivity index (χ1) is 69.6. The molecule has 0 aromatic heterocycles. The zero-order valence-electron chi connectivity index (χ0n) is 91.7. The second kappa shape index (κ2) is 57.1. The molecular weight excluding hydrogens is 1940 g/mol. The molecule has 43 heteroatoms. The van der Waals surface area contributed by atoms with Crippen LogP contribution in [0, 0.1) is 55.3 Å². The van der Waals surface area contributed by atoms with Gasteiger partial charge in [-0.05, 0) is 229 Å². The van der Waals surface area contributed by atoms with Crippen LogP contribution >= 0.6 is 0 Å². The molecule has 20 N–H and O–H groups in total. The van der Waals surface area contributed by atoms with Crippen LogP contribution in [0.5, 0.6) is 0 Å². The molecule has 6 saturated heterocycles. The number of ketones is 3. The van der Waals surface area contributed by atoms with Crippen molar-refractivity contribution >= 4 is 118 Å². The van der Waals surface area contributed by atoms with Crippen molar-refractivity contribution in [3.63, 3.8) is 0 Å². The van der Waals surface area contributed by atoms with Crippen LogP contribution in [0.3, 0.4) is 0 Å². The lowest BCUT2D eigenvalue weighted by Crippen LogP contribution is -2.66. The highest BCUT2D eigenvalue weighted by Crippen LogP contribution is 2.32. The zero-order chi connectivity index (χ0) is 113. The van der Waals surface area contributed by atoms with Crippen molar-refractivity contribution < 1.29 is 127 Å². The first-order valence-corrected chi connectivity index (χ1v) is 52.6. The van der Waals surface area contributed by atoms with Crippen LogP contribution in [0.2, 0.25) is 0 Å². The van der Waals surface area contributed by atoms with Crippen LogP contribution in [0.4, 0.5) is 0 Å². The molecule has 2 aromatic carbocycles. The Bertz CT molecular complexity index is 5050. The van der Waals surface area contributed by atoms with Gasteiger partial charge in [-0.3, -0.25) is 111 Å². The Morgan fingerprint density at radius 1 is 0.327 bits per heavy atom. The number of nitrogens with one attached hydrogen (secondary N) is 14. The lowest BCUT2D eigenvalue weighted by Gasteiger charge is -2.40.